The minimum absolute atomic E-state index is 1.01. The van der Waals surface area contributed by atoms with Gasteiger partial charge in [-0.25, -0.2) is 0 Å². The minimum atomic E-state index is 1.01. The van der Waals surface area contributed by atoms with Crippen molar-refractivity contribution in [1.29, 1.82) is 0 Å². The largest absolute Gasteiger partial charge is 0.0651 e. The fraction of sp³-hybridized carbons (Fsp3) is 1.00. The van der Waals surface area contributed by atoms with E-state index in [1.807, 2.05) is 0 Å². The molecule has 2 bridgehead atoms. The second-order valence-corrected chi connectivity index (χ2v) is 5.21. The van der Waals surface area contributed by atoms with E-state index in [9.17, 15) is 0 Å². The monoisotopic (exact) mass is 166 g/mol. The Hall–Kier alpha value is 0. The minimum Gasteiger partial charge on any atom is -0.0651 e. The highest BCUT2D eigenvalue weighted by Gasteiger charge is 2.51. The van der Waals surface area contributed by atoms with Crippen LogP contribution < -0.4 is 0 Å². The van der Waals surface area contributed by atoms with Crippen molar-refractivity contribution >= 4 is 0 Å². The summed E-state index contributed by atoms with van der Waals surface area (Å²) in [4.78, 5) is 0. The third-order valence-electron chi connectivity index (χ3n) is 5.10. The van der Waals surface area contributed by atoms with E-state index in [2.05, 4.69) is 27.7 Å². The van der Waals surface area contributed by atoms with Crippen molar-refractivity contribution in [2.45, 2.75) is 40.5 Å². The zero-order chi connectivity index (χ0) is 8.88. The van der Waals surface area contributed by atoms with E-state index >= 15 is 0 Å². The van der Waals surface area contributed by atoms with Crippen LogP contribution in [0.25, 0.3) is 0 Å². The molecule has 2 saturated carbocycles. The summed E-state index contributed by atoms with van der Waals surface area (Å²) < 4.78 is 0. The van der Waals surface area contributed by atoms with Gasteiger partial charge in [-0.05, 0) is 41.9 Å². The zero-order valence-electron chi connectivity index (χ0n) is 8.88. The van der Waals surface area contributed by atoms with Crippen LogP contribution in [0.15, 0.2) is 0 Å². The summed E-state index contributed by atoms with van der Waals surface area (Å²) in [6, 6.07) is 0. The van der Waals surface area contributed by atoms with Gasteiger partial charge in [-0.3, -0.25) is 0 Å². The van der Waals surface area contributed by atoms with Crippen molar-refractivity contribution in [3.05, 3.63) is 0 Å². The van der Waals surface area contributed by atoms with Crippen molar-refractivity contribution < 1.29 is 0 Å². The average Bonchev–Trinajstić information content (AvgIpc) is 2.51. The van der Waals surface area contributed by atoms with E-state index in [-0.39, 0.29) is 0 Å². The highest BCUT2D eigenvalue weighted by Crippen LogP contribution is 2.58. The lowest BCUT2D eigenvalue weighted by Gasteiger charge is -2.36. The predicted octanol–water partition coefficient (Wildman–Crippen LogP) is 3.57. The normalized spacial score (nSPS) is 58.0. The van der Waals surface area contributed by atoms with Gasteiger partial charge in [0.05, 0.1) is 0 Å². The van der Waals surface area contributed by atoms with Gasteiger partial charge in [0.1, 0.15) is 0 Å². The molecule has 0 aromatic carbocycles. The lowest BCUT2D eigenvalue weighted by Crippen LogP contribution is -2.30. The lowest BCUT2D eigenvalue weighted by atomic mass is 9.69. The smallest absolute Gasteiger partial charge is 0.0352 e. The van der Waals surface area contributed by atoms with Crippen LogP contribution in [0.1, 0.15) is 40.5 Å². The third kappa shape index (κ3) is 0.900. The van der Waals surface area contributed by atoms with Gasteiger partial charge in [0.2, 0.25) is 0 Å². The molecule has 12 heavy (non-hydrogen) atoms. The summed E-state index contributed by atoms with van der Waals surface area (Å²) >= 11 is 0. The topological polar surface area (TPSA) is 0 Å². The summed E-state index contributed by atoms with van der Waals surface area (Å²) in [6.45, 7) is 9.81. The van der Waals surface area contributed by atoms with E-state index in [4.69, 9.17) is 0 Å². The molecular formula is C12H22. The molecule has 0 N–H and O–H groups in total. The van der Waals surface area contributed by atoms with E-state index in [1.165, 1.54) is 6.42 Å². The molecule has 0 spiro atoms. The molecule has 2 rings (SSSR count). The van der Waals surface area contributed by atoms with Crippen LogP contribution in [-0.4, -0.2) is 0 Å². The van der Waals surface area contributed by atoms with Gasteiger partial charge in [-0.15, -0.1) is 0 Å². The Balaban J connectivity index is 2.18. The SMILES string of the molecule is CCC1C2CC([C@H]1C)[C@H](C)[C@@H]2C. The van der Waals surface area contributed by atoms with Gasteiger partial charge >= 0.3 is 0 Å². The van der Waals surface area contributed by atoms with E-state index in [0.29, 0.717) is 0 Å². The molecular weight excluding hydrogens is 144 g/mol. The molecule has 70 valence electrons. The fourth-order valence-electron chi connectivity index (χ4n) is 4.16. The van der Waals surface area contributed by atoms with Crippen molar-refractivity contribution in [3.8, 4) is 0 Å². The second-order valence-electron chi connectivity index (χ2n) is 5.21. The van der Waals surface area contributed by atoms with Gasteiger partial charge < -0.3 is 0 Å². The first-order valence-corrected chi connectivity index (χ1v) is 5.66. The molecule has 0 aromatic heterocycles. The highest BCUT2D eigenvalue weighted by molar-refractivity contribution is 5.00. The van der Waals surface area contributed by atoms with Gasteiger partial charge in [-0.2, -0.15) is 0 Å². The van der Waals surface area contributed by atoms with Crippen LogP contribution in [0.2, 0.25) is 0 Å². The van der Waals surface area contributed by atoms with Crippen LogP contribution in [0.3, 0.4) is 0 Å². The Morgan fingerprint density at radius 3 is 2.00 bits per heavy atom. The van der Waals surface area contributed by atoms with Crippen LogP contribution >= 0.6 is 0 Å². The van der Waals surface area contributed by atoms with Crippen molar-refractivity contribution in [2.24, 2.45) is 35.5 Å². The average molecular weight is 166 g/mol. The summed E-state index contributed by atoms with van der Waals surface area (Å²) in [7, 11) is 0. The van der Waals surface area contributed by atoms with Crippen LogP contribution in [0.5, 0.6) is 0 Å². The summed E-state index contributed by atoms with van der Waals surface area (Å²) in [6.07, 6.45) is 2.96. The molecule has 0 radical (unpaired) electrons. The molecule has 0 aromatic rings. The molecule has 0 amide bonds. The van der Waals surface area contributed by atoms with E-state index in [0.717, 1.165) is 35.5 Å². The van der Waals surface area contributed by atoms with Crippen molar-refractivity contribution in [1.82, 2.24) is 0 Å². The molecule has 6 atom stereocenters. The van der Waals surface area contributed by atoms with E-state index in [1.54, 1.807) is 6.42 Å². The quantitative estimate of drug-likeness (QED) is 0.558. The molecule has 0 saturated heterocycles. The summed E-state index contributed by atoms with van der Waals surface area (Å²) in [5.41, 5.74) is 0. The molecule has 3 unspecified atom stereocenters. The van der Waals surface area contributed by atoms with Gasteiger partial charge in [0.25, 0.3) is 0 Å². The molecule has 2 aliphatic carbocycles. The van der Waals surface area contributed by atoms with Crippen molar-refractivity contribution in [3.63, 3.8) is 0 Å². The predicted molar refractivity (Wildman–Crippen MR) is 52.9 cm³/mol. The fourth-order valence-corrected chi connectivity index (χ4v) is 4.16. The van der Waals surface area contributed by atoms with Crippen LogP contribution in [0, 0.1) is 35.5 Å². The van der Waals surface area contributed by atoms with Crippen LogP contribution in [0.4, 0.5) is 0 Å². The van der Waals surface area contributed by atoms with Gasteiger partial charge in [0, 0.05) is 0 Å². The number of hydrogen-bond donors (Lipinski definition) is 0. The molecule has 2 fully saturated rings. The Morgan fingerprint density at radius 2 is 1.50 bits per heavy atom. The first-order chi connectivity index (χ1) is 5.66. The molecule has 0 heterocycles. The van der Waals surface area contributed by atoms with Gasteiger partial charge in [0.15, 0.2) is 0 Å². The number of hydrogen-bond acceptors (Lipinski definition) is 0. The van der Waals surface area contributed by atoms with Gasteiger partial charge in [-0.1, -0.05) is 34.1 Å². The molecule has 0 heteroatoms. The van der Waals surface area contributed by atoms with Crippen molar-refractivity contribution in [2.75, 3.05) is 0 Å². The Kier molecular flexibility index (Phi) is 1.97. The maximum absolute atomic E-state index is 2.49. The Labute approximate surface area is 76.7 Å². The lowest BCUT2D eigenvalue weighted by molar-refractivity contribution is 0.125. The van der Waals surface area contributed by atoms with E-state index < -0.39 is 0 Å². The zero-order valence-corrected chi connectivity index (χ0v) is 8.88. The first kappa shape index (κ1) is 8.59. The Bertz CT molecular complexity index is 171. The molecule has 0 aliphatic heterocycles. The standard InChI is InChI=1S/C12H22/c1-5-10-9(4)11-6-12(10)8(3)7(11)2/h7-12H,5-6H2,1-4H3/t7-,8+,9+,10?,11?,12?/m1/s1. The third-order valence-corrected chi connectivity index (χ3v) is 5.10. The molecule has 2 aliphatic rings. The number of fused-ring (bicyclic) bond motifs is 2. The van der Waals surface area contributed by atoms with Crippen LogP contribution in [-0.2, 0) is 0 Å². The molecule has 0 nitrogen and oxygen atoms in total. The first-order valence-electron chi connectivity index (χ1n) is 5.66. The summed E-state index contributed by atoms with van der Waals surface area (Å²) in [5, 5.41) is 0. The maximum Gasteiger partial charge on any atom is -0.0352 e. The maximum atomic E-state index is 2.49. The highest BCUT2D eigenvalue weighted by atomic mass is 14.6. The number of rotatable bonds is 1. The second kappa shape index (κ2) is 2.75. The Morgan fingerprint density at radius 1 is 0.917 bits per heavy atom. The summed E-state index contributed by atoms with van der Waals surface area (Å²) in [5.74, 6) is 6.23.